The number of nitrogens with zero attached hydrogens (tertiary/aromatic N) is 1. The van der Waals surface area contributed by atoms with Crippen LogP contribution in [0.5, 0.6) is 11.5 Å². The number of carbonyl (C=O) groups is 1. The van der Waals surface area contributed by atoms with Gasteiger partial charge in [0.05, 0.1) is 6.21 Å². The zero-order valence-electron chi connectivity index (χ0n) is 12.9. The van der Waals surface area contributed by atoms with Crippen molar-refractivity contribution in [3.63, 3.8) is 0 Å². The van der Waals surface area contributed by atoms with Crippen molar-refractivity contribution in [1.82, 2.24) is 5.43 Å². The Morgan fingerprint density at radius 3 is 2.54 bits per heavy atom. The molecule has 0 spiro atoms. The van der Waals surface area contributed by atoms with Gasteiger partial charge in [0.15, 0.2) is 0 Å². The van der Waals surface area contributed by atoms with E-state index in [1.165, 1.54) is 24.4 Å². The van der Waals surface area contributed by atoms with Crippen molar-refractivity contribution in [1.29, 1.82) is 0 Å². The standard InChI is InChI=1S/C18H18N2O4/c21-9-8-14(10-13-4-2-1-3-5-13)18(24)20-19-12-15-6-7-16(22)11-17(15)23/h1-7,10-12,21-23H,8-9H2,(H,20,24)/b14-10?,19-12+. The van der Waals surface area contributed by atoms with Gasteiger partial charge in [-0.3, -0.25) is 4.79 Å². The van der Waals surface area contributed by atoms with E-state index in [4.69, 9.17) is 5.11 Å². The van der Waals surface area contributed by atoms with Gasteiger partial charge in [0, 0.05) is 30.2 Å². The average molecular weight is 326 g/mol. The van der Waals surface area contributed by atoms with E-state index in [0.717, 1.165) is 5.56 Å². The molecule has 0 radical (unpaired) electrons. The lowest BCUT2D eigenvalue weighted by atomic mass is 10.1. The van der Waals surface area contributed by atoms with Crippen molar-refractivity contribution in [2.75, 3.05) is 6.61 Å². The summed E-state index contributed by atoms with van der Waals surface area (Å²) in [6.07, 6.45) is 3.14. The molecule has 124 valence electrons. The van der Waals surface area contributed by atoms with Gasteiger partial charge in [0.2, 0.25) is 0 Å². The summed E-state index contributed by atoms with van der Waals surface area (Å²) in [5.74, 6) is -0.657. The normalized spacial score (nSPS) is 11.6. The Balaban J connectivity index is 2.08. The Morgan fingerprint density at radius 2 is 1.88 bits per heavy atom. The minimum atomic E-state index is -0.442. The number of carbonyl (C=O) groups excluding carboxylic acids is 1. The van der Waals surface area contributed by atoms with E-state index in [0.29, 0.717) is 11.1 Å². The number of benzene rings is 2. The van der Waals surface area contributed by atoms with Crippen LogP contribution in [0.2, 0.25) is 0 Å². The van der Waals surface area contributed by atoms with Crippen LogP contribution in [-0.2, 0) is 4.79 Å². The van der Waals surface area contributed by atoms with Gasteiger partial charge in [-0.15, -0.1) is 0 Å². The lowest BCUT2D eigenvalue weighted by Crippen LogP contribution is -2.20. The highest BCUT2D eigenvalue weighted by Gasteiger charge is 2.08. The number of hydrogen-bond acceptors (Lipinski definition) is 5. The van der Waals surface area contributed by atoms with Crippen molar-refractivity contribution >= 4 is 18.2 Å². The largest absolute Gasteiger partial charge is 0.508 e. The summed E-state index contributed by atoms with van der Waals surface area (Å²) in [5.41, 5.74) is 3.94. The highest BCUT2D eigenvalue weighted by Crippen LogP contribution is 2.20. The second kappa shape index (κ2) is 8.50. The fourth-order valence-electron chi connectivity index (χ4n) is 2.00. The van der Waals surface area contributed by atoms with Crippen molar-refractivity contribution in [3.8, 4) is 11.5 Å². The van der Waals surface area contributed by atoms with Crippen LogP contribution in [0.4, 0.5) is 0 Å². The second-order valence-corrected chi connectivity index (χ2v) is 5.00. The Kier molecular flexibility index (Phi) is 6.10. The van der Waals surface area contributed by atoms with Crippen LogP contribution < -0.4 is 5.43 Å². The predicted molar refractivity (Wildman–Crippen MR) is 91.6 cm³/mol. The van der Waals surface area contributed by atoms with E-state index in [1.807, 2.05) is 30.3 Å². The van der Waals surface area contributed by atoms with Crippen molar-refractivity contribution < 1.29 is 20.1 Å². The molecule has 0 saturated heterocycles. The molecule has 2 rings (SSSR count). The molecule has 0 bridgehead atoms. The van der Waals surface area contributed by atoms with Gasteiger partial charge in [-0.2, -0.15) is 5.10 Å². The molecule has 4 N–H and O–H groups in total. The molecular weight excluding hydrogens is 308 g/mol. The summed E-state index contributed by atoms with van der Waals surface area (Å²) in [6, 6.07) is 13.3. The maximum atomic E-state index is 12.2. The van der Waals surface area contributed by atoms with E-state index in [-0.39, 0.29) is 24.5 Å². The third-order valence-corrected chi connectivity index (χ3v) is 3.20. The first-order valence-corrected chi connectivity index (χ1v) is 7.32. The molecule has 6 nitrogen and oxygen atoms in total. The molecule has 2 aromatic rings. The molecule has 0 heterocycles. The summed E-state index contributed by atoms with van der Waals surface area (Å²) in [7, 11) is 0. The lowest BCUT2D eigenvalue weighted by Gasteiger charge is -2.05. The molecule has 2 aromatic carbocycles. The van der Waals surface area contributed by atoms with Gasteiger partial charge in [-0.25, -0.2) is 5.43 Å². The van der Waals surface area contributed by atoms with Gasteiger partial charge in [0.25, 0.3) is 5.91 Å². The molecule has 0 atom stereocenters. The van der Waals surface area contributed by atoms with Gasteiger partial charge in [-0.1, -0.05) is 30.3 Å². The zero-order valence-corrected chi connectivity index (χ0v) is 12.9. The zero-order chi connectivity index (χ0) is 17.4. The highest BCUT2D eigenvalue weighted by molar-refractivity contribution is 5.98. The molecule has 0 aliphatic heterocycles. The summed E-state index contributed by atoms with van der Waals surface area (Å²) >= 11 is 0. The number of phenols is 2. The number of nitrogens with one attached hydrogen (secondary N) is 1. The molecule has 24 heavy (non-hydrogen) atoms. The number of aliphatic hydroxyl groups is 1. The number of amides is 1. The Morgan fingerprint density at radius 1 is 1.12 bits per heavy atom. The van der Waals surface area contributed by atoms with Gasteiger partial charge in [-0.05, 0) is 23.8 Å². The first-order chi connectivity index (χ1) is 11.6. The van der Waals surface area contributed by atoms with Gasteiger partial charge >= 0.3 is 0 Å². The molecule has 0 aromatic heterocycles. The highest BCUT2D eigenvalue weighted by atomic mass is 16.3. The van der Waals surface area contributed by atoms with Crippen LogP contribution in [-0.4, -0.2) is 34.0 Å². The van der Waals surface area contributed by atoms with E-state index >= 15 is 0 Å². The van der Waals surface area contributed by atoms with Crippen LogP contribution in [0.1, 0.15) is 17.5 Å². The monoisotopic (exact) mass is 326 g/mol. The fraction of sp³-hybridized carbons (Fsp3) is 0.111. The van der Waals surface area contributed by atoms with Gasteiger partial charge < -0.3 is 15.3 Å². The van der Waals surface area contributed by atoms with Crippen LogP contribution in [0.25, 0.3) is 6.08 Å². The first-order valence-electron chi connectivity index (χ1n) is 7.32. The maximum Gasteiger partial charge on any atom is 0.267 e. The van der Waals surface area contributed by atoms with Crippen LogP contribution >= 0.6 is 0 Å². The van der Waals surface area contributed by atoms with Crippen LogP contribution in [0, 0.1) is 0 Å². The average Bonchev–Trinajstić information content (AvgIpc) is 2.57. The number of hydrazone groups is 1. The maximum absolute atomic E-state index is 12.2. The van der Waals surface area contributed by atoms with Gasteiger partial charge in [0.1, 0.15) is 11.5 Å². The fourth-order valence-corrected chi connectivity index (χ4v) is 2.00. The Labute approximate surface area is 139 Å². The number of rotatable bonds is 6. The van der Waals surface area contributed by atoms with Crippen LogP contribution in [0.3, 0.4) is 0 Å². The summed E-state index contributed by atoms with van der Waals surface area (Å²) in [6.45, 7) is -0.158. The minimum Gasteiger partial charge on any atom is -0.508 e. The summed E-state index contributed by atoms with van der Waals surface area (Å²) < 4.78 is 0. The second-order valence-electron chi connectivity index (χ2n) is 5.00. The first kappa shape index (κ1) is 17.2. The minimum absolute atomic E-state index is 0.0651. The Hall–Kier alpha value is -3.12. The quantitative estimate of drug-likeness (QED) is 0.370. The van der Waals surface area contributed by atoms with Crippen molar-refractivity contribution in [2.45, 2.75) is 6.42 Å². The molecule has 0 fully saturated rings. The van der Waals surface area contributed by atoms with Crippen LogP contribution in [0.15, 0.2) is 59.2 Å². The van der Waals surface area contributed by atoms with E-state index in [1.54, 1.807) is 6.08 Å². The van der Waals surface area contributed by atoms with Crippen molar-refractivity contribution in [3.05, 3.63) is 65.2 Å². The Bertz CT molecular complexity index is 755. The molecule has 0 aliphatic carbocycles. The third-order valence-electron chi connectivity index (χ3n) is 3.20. The van der Waals surface area contributed by atoms with E-state index in [2.05, 4.69) is 10.5 Å². The molecule has 0 aliphatic rings. The van der Waals surface area contributed by atoms with E-state index < -0.39 is 5.91 Å². The summed E-state index contributed by atoms with van der Waals surface area (Å²) in [4.78, 5) is 12.2. The smallest absolute Gasteiger partial charge is 0.267 e. The van der Waals surface area contributed by atoms with Crippen molar-refractivity contribution in [2.24, 2.45) is 5.10 Å². The topological polar surface area (TPSA) is 102 Å². The molecule has 0 saturated carbocycles. The number of phenolic OH excluding ortho intramolecular Hbond substituents is 2. The molecule has 6 heteroatoms. The number of aliphatic hydroxyl groups excluding tert-OH is 1. The molecule has 0 unspecified atom stereocenters. The summed E-state index contributed by atoms with van der Waals surface area (Å²) in [5, 5.41) is 31.8. The number of aromatic hydroxyl groups is 2. The molecular formula is C18H18N2O4. The third kappa shape index (κ3) is 4.96. The SMILES string of the molecule is O=C(N/N=C/c1ccc(O)cc1O)C(=Cc1ccccc1)CCO. The van der Waals surface area contributed by atoms with E-state index in [9.17, 15) is 15.0 Å². The molecule has 1 amide bonds. The predicted octanol–water partition coefficient (Wildman–Crippen LogP) is 2.01. The number of hydrogen-bond donors (Lipinski definition) is 4. The lowest BCUT2D eigenvalue weighted by molar-refractivity contribution is -0.117.